The Kier molecular flexibility index (Phi) is 7.44. The molecule has 0 N–H and O–H groups in total. The van der Waals surface area contributed by atoms with Gasteiger partial charge in [0.25, 0.3) is 0 Å². The lowest BCUT2D eigenvalue weighted by molar-refractivity contribution is 1.11. The van der Waals surface area contributed by atoms with Gasteiger partial charge in [0, 0.05) is 0 Å². The Morgan fingerprint density at radius 2 is 2.20 bits per heavy atom. The maximum absolute atomic E-state index is 8.42. The van der Waals surface area contributed by atoms with E-state index < -0.39 is 0 Å². The molecule has 0 aliphatic carbocycles. The van der Waals surface area contributed by atoms with Crippen molar-refractivity contribution >= 4 is 23.5 Å². The SMILES string of the molecule is CSCCCSC(C)C#N. The fourth-order valence-corrected chi connectivity index (χ4v) is 1.86. The molecule has 1 nitrogen and oxygen atoms in total. The summed E-state index contributed by atoms with van der Waals surface area (Å²) in [6, 6.07) is 2.20. The van der Waals surface area contributed by atoms with Gasteiger partial charge < -0.3 is 0 Å². The summed E-state index contributed by atoms with van der Waals surface area (Å²) in [7, 11) is 0. The maximum Gasteiger partial charge on any atom is 0.0888 e. The van der Waals surface area contributed by atoms with Crippen molar-refractivity contribution < 1.29 is 0 Å². The molecule has 0 aliphatic rings. The summed E-state index contributed by atoms with van der Waals surface area (Å²) in [4.78, 5) is 0. The molecule has 0 fully saturated rings. The molecule has 0 bridgehead atoms. The second-order valence-electron chi connectivity index (χ2n) is 1.99. The van der Waals surface area contributed by atoms with Crippen LogP contribution in [-0.2, 0) is 0 Å². The van der Waals surface area contributed by atoms with E-state index in [1.165, 1.54) is 12.2 Å². The van der Waals surface area contributed by atoms with Crippen LogP contribution in [0.4, 0.5) is 0 Å². The average Bonchev–Trinajstić information content (AvgIpc) is 1.98. The number of hydrogen-bond acceptors (Lipinski definition) is 3. The molecule has 1 atom stereocenters. The summed E-state index contributed by atoms with van der Waals surface area (Å²) >= 11 is 3.61. The minimum Gasteiger partial charge on any atom is -0.197 e. The Bertz CT molecular complexity index is 109. The van der Waals surface area contributed by atoms with Crippen molar-refractivity contribution in [2.24, 2.45) is 0 Å². The van der Waals surface area contributed by atoms with Crippen molar-refractivity contribution in [3.8, 4) is 6.07 Å². The zero-order valence-corrected chi connectivity index (χ0v) is 8.10. The number of hydrogen-bond donors (Lipinski definition) is 0. The highest BCUT2D eigenvalue weighted by Crippen LogP contribution is 2.11. The van der Waals surface area contributed by atoms with E-state index in [2.05, 4.69) is 12.3 Å². The quantitative estimate of drug-likeness (QED) is 0.599. The highest BCUT2D eigenvalue weighted by atomic mass is 32.2. The van der Waals surface area contributed by atoms with Gasteiger partial charge in [0.05, 0.1) is 11.3 Å². The van der Waals surface area contributed by atoms with Gasteiger partial charge in [-0.3, -0.25) is 0 Å². The van der Waals surface area contributed by atoms with Crippen LogP contribution >= 0.6 is 23.5 Å². The van der Waals surface area contributed by atoms with Crippen LogP contribution in [0.1, 0.15) is 13.3 Å². The third-order valence-corrected chi connectivity index (χ3v) is 2.87. The van der Waals surface area contributed by atoms with Gasteiger partial charge in [0.15, 0.2) is 0 Å². The molecule has 1 unspecified atom stereocenters. The van der Waals surface area contributed by atoms with Crippen LogP contribution in [0.15, 0.2) is 0 Å². The first-order valence-electron chi connectivity index (χ1n) is 3.31. The molecular weight excluding hydrogens is 162 g/mol. The molecule has 0 aliphatic heterocycles. The average molecular weight is 175 g/mol. The molecule has 58 valence electrons. The van der Waals surface area contributed by atoms with Crippen LogP contribution in [0, 0.1) is 11.3 Å². The lowest BCUT2D eigenvalue weighted by Gasteiger charge is -1.99. The van der Waals surface area contributed by atoms with Gasteiger partial charge in [-0.25, -0.2) is 0 Å². The van der Waals surface area contributed by atoms with Crippen molar-refractivity contribution in [3.63, 3.8) is 0 Å². The van der Waals surface area contributed by atoms with Crippen LogP contribution in [-0.4, -0.2) is 23.0 Å². The Labute approximate surface area is 71.6 Å². The molecule has 0 saturated carbocycles. The van der Waals surface area contributed by atoms with Crippen LogP contribution in [0.5, 0.6) is 0 Å². The van der Waals surface area contributed by atoms with Crippen molar-refractivity contribution in [2.75, 3.05) is 17.8 Å². The van der Waals surface area contributed by atoms with E-state index in [4.69, 9.17) is 5.26 Å². The molecule has 0 aromatic rings. The molecule has 0 aromatic carbocycles. The first-order valence-corrected chi connectivity index (χ1v) is 5.75. The molecular formula is C7H13NS2. The van der Waals surface area contributed by atoms with Gasteiger partial charge in [-0.15, -0.1) is 11.8 Å². The molecule has 3 heteroatoms. The van der Waals surface area contributed by atoms with E-state index in [9.17, 15) is 0 Å². The van der Waals surface area contributed by atoms with E-state index in [1.807, 2.05) is 18.7 Å². The zero-order valence-electron chi connectivity index (χ0n) is 6.46. The number of rotatable bonds is 5. The summed E-state index contributed by atoms with van der Waals surface area (Å²) in [5.41, 5.74) is 0. The van der Waals surface area contributed by atoms with E-state index in [0.29, 0.717) is 0 Å². The third-order valence-electron chi connectivity index (χ3n) is 1.04. The topological polar surface area (TPSA) is 23.8 Å². The number of nitrogens with zero attached hydrogens (tertiary/aromatic N) is 1. The third kappa shape index (κ3) is 6.31. The Balaban J connectivity index is 2.98. The normalized spacial score (nSPS) is 12.5. The smallest absolute Gasteiger partial charge is 0.0888 e. The highest BCUT2D eigenvalue weighted by Gasteiger charge is 1.97. The second-order valence-corrected chi connectivity index (χ2v) is 4.42. The monoisotopic (exact) mass is 175 g/mol. The molecule has 0 radical (unpaired) electrons. The van der Waals surface area contributed by atoms with Crippen LogP contribution in [0.25, 0.3) is 0 Å². The minimum atomic E-state index is 0.168. The van der Waals surface area contributed by atoms with Crippen LogP contribution in [0.2, 0.25) is 0 Å². The van der Waals surface area contributed by atoms with Gasteiger partial charge in [-0.05, 0) is 31.1 Å². The Morgan fingerprint density at radius 3 is 2.70 bits per heavy atom. The lowest BCUT2D eigenvalue weighted by atomic mass is 10.5. The van der Waals surface area contributed by atoms with E-state index in [-0.39, 0.29) is 5.25 Å². The van der Waals surface area contributed by atoms with Crippen molar-refractivity contribution in [1.82, 2.24) is 0 Å². The van der Waals surface area contributed by atoms with Gasteiger partial charge >= 0.3 is 0 Å². The fourth-order valence-electron chi connectivity index (χ4n) is 0.501. The molecule has 0 heterocycles. The summed E-state index contributed by atoms with van der Waals surface area (Å²) in [5.74, 6) is 2.33. The Hall–Kier alpha value is 0.190. The number of nitriles is 1. The van der Waals surface area contributed by atoms with Crippen molar-refractivity contribution in [3.05, 3.63) is 0 Å². The zero-order chi connectivity index (χ0) is 7.82. The second kappa shape index (κ2) is 7.30. The molecule has 10 heavy (non-hydrogen) atoms. The molecule has 0 rings (SSSR count). The summed E-state index contributed by atoms with van der Waals surface area (Å²) in [5, 5.41) is 8.58. The summed E-state index contributed by atoms with van der Waals surface area (Å²) in [6.45, 7) is 1.95. The molecule has 0 aromatic heterocycles. The van der Waals surface area contributed by atoms with Gasteiger partial charge in [0.2, 0.25) is 0 Å². The first-order chi connectivity index (χ1) is 4.81. The molecule has 0 spiro atoms. The first kappa shape index (κ1) is 10.2. The highest BCUT2D eigenvalue weighted by molar-refractivity contribution is 8.00. The predicted octanol–water partition coefficient (Wildman–Crippen LogP) is 2.38. The van der Waals surface area contributed by atoms with Gasteiger partial charge in [-0.2, -0.15) is 17.0 Å². The minimum absolute atomic E-state index is 0.168. The number of thioether (sulfide) groups is 2. The predicted molar refractivity (Wildman–Crippen MR) is 50.5 cm³/mol. The largest absolute Gasteiger partial charge is 0.197 e. The van der Waals surface area contributed by atoms with E-state index in [0.717, 1.165) is 5.75 Å². The summed E-state index contributed by atoms with van der Waals surface area (Å²) in [6.07, 6.45) is 3.33. The summed E-state index contributed by atoms with van der Waals surface area (Å²) < 4.78 is 0. The van der Waals surface area contributed by atoms with E-state index >= 15 is 0 Å². The van der Waals surface area contributed by atoms with E-state index in [1.54, 1.807) is 11.8 Å². The lowest BCUT2D eigenvalue weighted by Crippen LogP contribution is -1.93. The molecule has 0 saturated heterocycles. The van der Waals surface area contributed by atoms with Crippen LogP contribution < -0.4 is 0 Å². The standard InChI is InChI=1S/C7H13NS2/c1-7(6-8)10-5-3-4-9-2/h7H,3-5H2,1-2H3. The Morgan fingerprint density at radius 1 is 1.50 bits per heavy atom. The van der Waals surface area contributed by atoms with Crippen molar-refractivity contribution in [1.29, 1.82) is 5.26 Å². The molecule has 0 amide bonds. The van der Waals surface area contributed by atoms with Gasteiger partial charge in [-0.1, -0.05) is 0 Å². The van der Waals surface area contributed by atoms with Crippen LogP contribution in [0.3, 0.4) is 0 Å². The maximum atomic E-state index is 8.42. The van der Waals surface area contributed by atoms with Crippen molar-refractivity contribution in [2.45, 2.75) is 18.6 Å². The van der Waals surface area contributed by atoms with Gasteiger partial charge in [0.1, 0.15) is 0 Å². The fraction of sp³-hybridized carbons (Fsp3) is 0.857.